The molecule has 0 saturated heterocycles. The van der Waals surface area contributed by atoms with Gasteiger partial charge in [-0.25, -0.2) is 4.79 Å². The molecule has 1 aromatic carbocycles. The lowest BCUT2D eigenvalue weighted by Gasteiger charge is -2.22. The molecule has 5 heteroatoms. The lowest BCUT2D eigenvalue weighted by atomic mass is 10.2. The molecule has 0 fully saturated rings. The number of carbonyl (C=O) groups excluding carboxylic acids is 1. The summed E-state index contributed by atoms with van der Waals surface area (Å²) in [5.41, 5.74) is 0.459. The van der Waals surface area contributed by atoms with Gasteiger partial charge in [-0.1, -0.05) is 25.5 Å². The number of benzene rings is 1. The quantitative estimate of drug-likeness (QED) is 0.598. The first-order valence-electron chi connectivity index (χ1n) is 5.23. The van der Waals surface area contributed by atoms with E-state index in [9.17, 15) is 4.79 Å². The summed E-state index contributed by atoms with van der Waals surface area (Å²) >= 11 is 0. The Morgan fingerprint density at radius 1 is 1.31 bits per heavy atom. The second-order valence-corrected chi connectivity index (χ2v) is 4.45. The first-order chi connectivity index (χ1) is 7.81. The van der Waals surface area contributed by atoms with Crippen molar-refractivity contribution in [3.05, 3.63) is 29.8 Å². The van der Waals surface area contributed by atoms with Crippen LogP contribution in [0, 0.1) is 0 Å². The van der Waals surface area contributed by atoms with Crippen molar-refractivity contribution >= 4 is 14.6 Å². The summed E-state index contributed by atoms with van der Waals surface area (Å²) in [5.74, 6) is 0.172. The molecule has 1 atom stereocenters. The van der Waals surface area contributed by atoms with Crippen LogP contribution in [-0.4, -0.2) is 12.6 Å². The molecule has 0 radical (unpaired) electrons. The van der Waals surface area contributed by atoms with Crippen molar-refractivity contribution in [2.24, 2.45) is 0 Å². The monoisotopic (exact) mass is 240 g/mol. The highest BCUT2D eigenvalue weighted by atomic mass is 31.2. The molecule has 0 saturated carbocycles. The van der Waals surface area contributed by atoms with Gasteiger partial charge >= 0.3 is 14.6 Å². The predicted molar refractivity (Wildman–Crippen MR) is 60.3 cm³/mol. The van der Waals surface area contributed by atoms with Crippen LogP contribution in [0.15, 0.2) is 24.3 Å². The van der Waals surface area contributed by atoms with Gasteiger partial charge in [-0.2, -0.15) is 0 Å². The fourth-order valence-electron chi connectivity index (χ4n) is 1.27. The van der Waals surface area contributed by atoms with Crippen molar-refractivity contribution in [1.82, 2.24) is 0 Å². The fraction of sp³-hybridized carbons (Fsp3) is 0.364. The molecule has 1 aliphatic rings. The van der Waals surface area contributed by atoms with E-state index in [1.165, 1.54) is 0 Å². The Hall–Kier alpha value is -1.12. The van der Waals surface area contributed by atoms with Gasteiger partial charge in [-0.15, -0.1) is 0 Å². The van der Waals surface area contributed by atoms with Gasteiger partial charge in [0.25, 0.3) is 0 Å². The zero-order chi connectivity index (χ0) is 11.4. The summed E-state index contributed by atoms with van der Waals surface area (Å²) in [7, 11) is -1.56. The second kappa shape index (κ2) is 5.28. The number of hydrogen-bond acceptors (Lipinski definition) is 4. The number of carbonyl (C=O) groups is 1. The van der Waals surface area contributed by atoms with Crippen LogP contribution >= 0.6 is 8.60 Å². The Labute approximate surface area is 95.5 Å². The van der Waals surface area contributed by atoms with Gasteiger partial charge in [0.1, 0.15) is 11.3 Å². The summed E-state index contributed by atoms with van der Waals surface area (Å²) < 4.78 is 15.8. The largest absolute Gasteiger partial charge is 0.465 e. The molecule has 2 rings (SSSR count). The summed E-state index contributed by atoms with van der Waals surface area (Å²) in [6.07, 6.45) is 1.97. The van der Waals surface area contributed by atoms with Crippen LogP contribution in [0.3, 0.4) is 0 Å². The third kappa shape index (κ3) is 2.52. The van der Waals surface area contributed by atoms with E-state index in [1.807, 2.05) is 6.07 Å². The maximum absolute atomic E-state index is 11.6. The molecule has 0 bridgehead atoms. The summed E-state index contributed by atoms with van der Waals surface area (Å²) in [4.78, 5) is 11.6. The molecule has 0 spiro atoms. The number of fused-ring (bicyclic) bond motifs is 1. The average Bonchev–Trinajstić information content (AvgIpc) is 2.30. The van der Waals surface area contributed by atoms with Gasteiger partial charge in [-0.3, -0.25) is 4.52 Å². The van der Waals surface area contributed by atoms with Crippen molar-refractivity contribution in [2.75, 3.05) is 6.61 Å². The van der Waals surface area contributed by atoms with E-state index in [0.717, 1.165) is 12.8 Å². The molecule has 0 aliphatic carbocycles. The van der Waals surface area contributed by atoms with E-state index >= 15 is 0 Å². The molecule has 86 valence electrons. The molecule has 0 amide bonds. The summed E-state index contributed by atoms with van der Waals surface area (Å²) in [5, 5.41) is 0. The van der Waals surface area contributed by atoms with Crippen molar-refractivity contribution in [1.29, 1.82) is 0 Å². The van der Waals surface area contributed by atoms with Crippen molar-refractivity contribution in [2.45, 2.75) is 19.8 Å². The van der Waals surface area contributed by atoms with E-state index in [4.69, 9.17) is 13.6 Å². The Morgan fingerprint density at radius 2 is 2.12 bits per heavy atom. The lowest BCUT2D eigenvalue weighted by molar-refractivity contribution is 0.0671. The van der Waals surface area contributed by atoms with Crippen LogP contribution in [-0.2, 0) is 9.05 Å². The minimum absolute atomic E-state index is 0.371. The van der Waals surface area contributed by atoms with Gasteiger partial charge < -0.3 is 9.05 Å². The Kier molecular flexibility index (Phi) is 3.75. The van der Waals surface area contributed by atoms with Crippen molar-refractivity contribution in [3.63, 3.8) is 0 Å². The Balaban J connectivity index is 2.01. The third-order valence-electron chi connectivity index (χ3n) is 2.13. The van der Waals surface area contributed by atoms with Crippen LogP contribution in [0.25, 0.3) is 0 Å². The molecule has 1 unspecified atom stereocenters. The third-order valence-corrected chi connectivity index (χ3v) is 3.19. The zero-order valence-electron chi connectivity index (χ0n) is 9.01. The van der Waals surface area contributed by atoms with Crippen LogP contribution < -0.4 is 4.52 Å². The maximum atomic E-state index is 11.6. The van der Waals surface area contributed by atoms with E-state index < -0.39 is 8.60 Å². The molecular formula is C11H13O4P. The van der Waals surface area contributed by atoms with Crippen molar-refractivity contribution in [3.8, 4) is 5.75 Å². The highest BCUT2D eigenvalue weighted by Crippen LogP contribution is 2.46. The van der Waals surface area contributed by atoms with E-state index in [0.29, 0.717) is 17.9 Å². The maximum Gasteiger partial charge on any atom is 0.465 e. The molecule has 16 heavy (non-hydrogen) atoms. The summed E-state index contributed by atoms with van der Waals surface area (Å²) in [6, 6.07) is 7.01. The smallest absolute Gasteiger partial charge is 0.417 e. The summed E-state index contributed by atoms with van der Waals surface area (Å²) in [6.45, 7) is 2.62. The van der Waals surface area contributed by atoms with Crippen LogP contribution in [0.4, 0.5) is 0 Å². The minimum Gasteiger partial charge on any atom is -0.417 e. The van der Waals surface area contributed by atoms with Crippen LogP contribution in [0.5, 0.6) is 5.75 Å². The minimum atomic E-state index is -1.56. The number of rotatable bonds is 4. The average molecular weight is 240 g/mol. The Morgan fingerprint density at radius 3 is 2.94 bits per heavy atom. The Bertz CT molecular complexity index is 380. The van der Waals surface area contributed by atoms with Crippen LogP contribution in [0.2, 0.25) is 0 Å². The van der Waals surface area contributed by atoms with E-state index in [2.05, 4.69) is 6.92 Å². The molecule has 4 nitrogen and oxygen atoms in total. The standard InChI is InChI=1S/C11H13O4P/c1-2-3-8-13-16-14-10-7-5-4-6-9(10)11(12)15-16/h4-7H,2-3,8H2,1H3. The van der Waals surface area contributed by atoms with Crippen molar-refractivity contribution < 1.29 is 18.4 Å². The normalized spacial score (nSPS) is 18.6. The van der Waals surface area contributed by atoms with Crippen LogP contribution in [0.1, 0.15) is 30.1 Å². The molecule has 0 aromatic heterocycles. The highest BCUT2D eigenvalue weighted by molar-refractivity contribution is 7.43. The molecular weight excluding hydrogens is 227 g/mol. The molecule has 1 aromatic rings. The fourth-order valence-corrected chi connectivity index (χ4v) is 2.24. The molecule has 1 heterocycles. The van der Waals surface area contributed by atoms with Gasteiger partial charge in [0.2, 0.25) is 0 Å². The number of hydrogen-bond donors (Lipinski definition) is 0. The SMILES string of the molecule is CCCCOP1OC(=O)c2ccccc2O1. The molecule has 0 N–H and O–H groups in total. The van der Waals surface area contributed by atoms with Gasteiger partial charge in [0.15, 0.2) is 0 Å². The van der Waals surface area contributed by atoms with Gasteiger partial charge in [0, 0.05) is 0 Å². The first-order valence-corrected chi connectivity index (χ1v) is 6.33. The topological polar surface area (TPSA) is 44.8 Å². The first kappa shape index (κ1) is 11.4. The van der Waals surface area contributed by atoms with Gasteiger partial charge in [-0.05, 0) is 18.6 Å². The number of unbranched alkanes of at least 4 members (excludes halogenated alkanes) is 1. The lowest BCUT2D eigenvalue weighted by Crippen LogP contribution is -2.13. The van der Waals surface area contributed by atoms with E-state index in [1.54, 1.807) is 18.2 Å². The van der Waals surface area contributed by atoms with E-state index in [-0.39, 0.29) is 5.97 Å². The second-order valence-electron chi connectivity index (χ2n) is 3.38. The predicted octanol–water partition coefficient (Wildman–Crippen LogP) is 3.28. The highest BCUT2D eigenvalue weighted by Gasteiger charge is 2.30. The van der Waals surface area contributed by atoms with Gasteiger partial charge in [0.05, 0.1) is 6.61 Å². The zero-order valence-corrected chi connectivity index (χ0v) is 9.91. The molecule has 1 aliphatic heterocycles. The number of para-hydroxylation sites is 1.